The summed E-state index contributed by atoms with van der Waals surface area (Å²) in [5, 5.41) is 0. The van der Waals surface area contributed by atoms with E-state index in [1.165, 1.54) is 19.4 Å². The maximum Gasteiger partial charge on any atom is 0.338 e. The number of carbonyl (C=O) groups excluding carboxylic acids is 1. The lowest BCUT2D eigenvalue weighted by atomic mass is 9.93. The largest absolute Gasteiger partial charge is 0.465 e. The zero-order valence-corrected chi connectivity index (χ0v) is 13.5. The van der Waals surface area contributed by atoms with Crippen LogP contribution in [-0.4, -0.2) is 27.8 Å². The molecule has 1 unspecified atom stereocenters. The molecule has 0 aliphatic rings. The molecule has 0 aliphatic carbocycles. The number of aryl methyl sites for hydroxylation is 1. The van der Waals surface area contributed by atoms with Gasteiger partial charge in [-0.2, -0.15) is 0 Å². The van der Waals surface area contributed by atoms with Gasteiger partial charge in [-0.15, -0.1) is 0 Å². The summed E-state index contributed by atoms with van der Waals surface area (Å²) in [6, 6.07) is 3.24. The van der Waals surface area contributed by atoms with Crippen molar-refractivity contribution in [3.8, 4) is 0 Å². The SMILES string of the molecule is CCCC(C)c1cc(C)c(C(=O)OC)cc1S(C)(=O)=O. The molecular weight excluding hydrogens is 276 g/mol. The minimum Gasteiger partial charge on any atom is -0.465 e. The summed E-state index contributed by atoms with van der Waals surface area (Å²) in [5.41, 5.74) is 1.82. The van der Waals surface area contributed by atoms with E-state index in [9.17, 15) is 13.2 Å². The molecule has 0 spiro atoms. The van der Waals surface area contributed by atoms with E-state index in [2.05, 4.69) is 6.92 Å². The van der Waals surface area contributed by atoms with Crippen LogP contribution in [0.15, 0.2) is 17.0 Å². The van der Waals surface area contributed by atoms with Crippen LogP contribution >= 0.6 is 0 Å². The molecule has 112 valence electrons. The van der Waals surface area contributed by atoms with Gasteiger partial charge in [0.15, 0.2) is 9.84 Å². The molecule has 1 atom stereocenters. The van der Waals surface area contributed by atoms with Gasteiger partial charge in [0.05, 0.1) is 17.6 Å². The number of ether oxygens (including phenoxy) is 1. The summed E-state index contributed by atoms with van der Waals surface area (Å²) in [5.74, 6) is -0.378. The predicted octanol–water partition coefficient (Wildman–Crippen LogP) is 3.09. The number of benzene rings is 1. The molecular formula is C15H22O4S. The number of esters is 1. The highest BCUT2D eigenvalue weighted by molar-refractivity contribution is 7.90. The van der Waals surface area contributed by atoms with Crippen LogP contribution in [0.1, 0.15) is 54.1 Å². The van der Waals surface area contributed by atoms with Crippen LogP contribution in [-0.2, 0) is 14.6 Å². The molecule has 0 aliphatic heterocycles. The van der Waals surface area contributed by atoms with Gasteiger partial charge >= 0.3 is 5.97 Å². The fraction of sp³-hybridized carbons (Fsp3) is 0.533. The lowest BCUT2D eigenvalue weighted by Gasteiger charge is -2.17. The Balaban J connectivity index is 3.53. The predicted molar refractivity (Wildman–Crippen MR) is 79.0 cm³/mol. The molecule has 0 aromatic heterocycles. The van der Waals surface area contributed by atoms with E-state index >= 15 is 0 Å². The van der Waals surface area contributed by atoms with Crippen molar-refractivity contribution in [2.75, 3.05) is 13.4 Å². The Morgan fingerprint density at radius 1 is 1.35 bits per heavy atom. The topological polar surface area (TPSA) is 60.4 Å². The second kappa shape index (κ2) is 6.39. The highest BCUT2D eigenvalue weighted by Gasteiger charge is 2.22. The highest BCUT2D eigenvalue weighted by atomic mass is 32.2. The van der Waals surface area contributed by atoms with Crippen LogP contribution in [0.25, 0.3) is 0 Å². The first-order valence-corrected chi connectivity index (χ1v) is 8.54. The van der Waals surface area contributed by atoms with Crippen LogP contribution in [0.3, 0.4) is 0 Å². The molecule has 20 heavy (non-hydrogen) atoms. The molecule has 4 nitrogen and oxygen atoms in total. The Kier molecular flexibility index (Phi) is 5.34. The minimum absolute atomic E-state index is 0.134. The molecule has 0 heterocycles. The van der Waals surface area contributed by atoms with E-state index in [-0.39, 0.29) is 10.8 Å². The van der Waals surface area contributed by atoms with E-state index in [1.54, 1.807) is 13.0 Å². The summed E-state index contributed by atoms with van der Waals surface area (Å²) >= 11 is 0. The van der Waals surface area contributed by atoms with Gasteiger partial charge in [-0.25, -0.2) is 13.2 Å². The zero-order valence-electron chi connectivity index (χ0n) is 12.7. The summed E-state index contributed by atoms with van der Waals surface area (Å²) in [4.78, 5) is 11.9. The number of carbonyl (C=O) groups is 1. The van der Waals surface area contributed by atoms with Gasteiger partial charge in [0.25, 0.3) is 0 Å². The first-order chi connectivity index (χ1) is 9.22. The van der Waals surface area contributed by atoms with Crippen LogP contribution in [0.4, 0.5) is 0 Å². The normalized spacial score (nSPS) is 13.1. The molecule has 0 fully saturated rings. The third-order valence-electron chi connectivity index (χ3n) is 3.41. The van der Waals surface area contributed by atoms with E-state index in [1.807, 2.05) is 6.92 Å². The molecule has 5 heteroatoms. The van der Waals surface area contributed by atoms with E-state index in [0.717, 1.165) is 24.0 Å². The number of hydrogen-bond acceptors (Lipinski definition) is 4. The van der Waals surface area contributed by atoms with Crippen molar-refractivity contribution in [2.24, 2.45) is 0 Å². The number of methoxy groups -OCH3 is 1. The van der Waals surface area contributed by atoms with Crippen molar-refractivity contribution >= 4 is 15.8 Å². The average Bonchev–Trinajstić information content (AvgIpc) is 2.36. The standard InChI is InChI=1S/C15H22O4S/c1-6-7-10(2)12-8-11(3)13(15(16)19-4)9-14(12)20(5,17)18/h8-10H,6-7H2,1-5H3. The van der Waals surface area contributed by atoms with Gasteiger partial charge in [-0.05, 0) is 36.5 Å². The lowest BCUT2D eigenvalue weighted by molar-refractivity contribution is 0.0599. The molecule has 0 radical (unpaired) electrons. The second-order valence-electron chi connectivity index (χ2n) is 5.16. The first kappa shape index (κ1) is 16.7. The number of sulfone groups is 1. The Morgan fingerprint density at radius 3 is 2.40 bits per heavy atom. The van der Waals surface area contributed by atoms with Crippen molar-refractivity contribution in [1.29, 1.82) is 0 Å². The summed E-state index contributed by atoms with van der Waals surface area (Å²) < 4.78 is 28.7. The van der Waals surface area contributed by atoms with Crippen LogP contribution < -0.4 is 0 Å². The maximum atomic E-state index is 12.0. The average molecular weight is 298 g/mol. The molecule has 0 bridgehead atoms. The van der Waals surface area contributed by atoms with E-state index in [4.69, 9.17) is 4.74 Å². The number of rotatable bonds is 5. The van der Waals surface area contributed by atoms with Gasteiger partial charge in [0, 0.05) is 6.26 Å². The van der Waals surface area contributed by atoms with Gasteiger partial charge in [0.2, 0.25) is 0 Å². The third-order valence-corrected chi connectivity index (χ3v) is 4.57. The smallest absolute Gasteiger partial charge is 0.338 e. The third kappa shape index (κ3) is 3.60. The quantitative estimate of drug-likeness (QED) is 0.784. The Bertz CT molecular complexity index is 603. The van der Waals surface area contributed by atoms with Crippen LogP contribution in [0.2, 0.25) is 0 Å². The monoisotopic (exact) mass is 298 g/mol. The van der Waals surface area contributed by atoms with Crippen molar-refractivity contribution in [2.45, 2.75) is 44.4 Å². The fourth-order valence-corrected chi connectivity index (χ4v) is 3.36. The Labute approximate surface area is 121 Å². The summed E-state index contributed by atoms with van der Waals surface area (Å²) in [7, 11) is -2.10. The molecule has 0 amide bonds. The fourth-order valence-electron chi connectivity index (χ4n) is 2.34. The van der Waals surface area contributed by atoms with Gasteiger partial charge in [-0.1, -0.05) is 26.3 Å². The highest BCUT2D eigenvalue weighted by Crippen LogP contribution is 2.30. The molecule has 1 aromatic carbocycles. The molecule has 0 saturated heterocycles. The molecule has 1 rings (SSSR count). The lowest BCUT2D eigenvalue weighted by Crippen LogP contribution is -2.11. The number of hydrogen-bond donors (Lipinski definition) is 0. The summed E-state index contributed by atoms with van der Waals surface area (Å²) in [6.07, 6.45) is 3.04. The van der Waals surface area contributed by atoms with Crippen molar-refractivity contribution in [3.63, 3.8) is 0 Å². The molecule has 1 aromatic rings. The van der Waals surface area contributed by atoms with E-state index in [0.29, 0.717) is 5.56 Å². The van der Waals surface area contributed by atoms with Crippen molar-refractivity contribution in [1.82, 2.24) is 0 Å². The van der Waals surface area contributed by atoms with Crippen LogP contribution in [0, 0.1) is 6.92 Å². The Morgan fingerprint density at radius 2 is 1.95 bits per heavy atom. The minimum atomic E-state index is -3.39. The van der Waals surface area contributed by atoms with Crippen molar-refractivity contribution in [3.05, 3.63) is 28.8 Å². The molecule has 0 saturated carbocycles. The summed E-state index contributed by atoms with van der Waals surface area (Å²) in [6.45, 7) is 5.86. The van der Waals surface area contributed by atoms with E-state index < -0.39 is 15.8 Å². The van der Waals surface area contributed by atoms with Gasteiger partial charge in [0.1, 0.15) is 0 Å². The van der Waals surface area contributed by atoms with Gasteiger partial charge in [-0.3, -0.25) is 0 Å². The van der Waals surface area contributed by atoms with Crippen molar-refractivity contribution < 1.29 is 17.9 Å². The second-order valence-corrected chi connectivity index (χ2v) is 7.14. The first-order valence-electron chi connectivity index (χ1n) is 6.65. The molecule has 0 N–H and O–H groups in total. The zero-order chi connectivity index (χ0) is 15.5. The van der Waals surface area contributed by atoms with Crippen LogP contribution in [0.5, 0.6) is 0 Å². The Hall–Kier alpha value is -1.36. The maximum absolute atomic E-state index is 12.0. The van der Waals surface area contributed by atoms with Gasteiger partial charge < -0.3 is 4.74 Å².